The Labute approximate surface area is 198 Å². The number of nitro groups is 1. The summed E-state index contributed by atoms with van der Waals surface area (Å²) in [4.78, 5) is 54.4. The molecule has 1 aromatic heterocycles. The highest BCUT2D eigenvalue weighted by Gasteiger charge is 2.24. The molecule has 0 aliphatic rings. The van der Waals surface area contributed by atoms with Crippen molar-refractivity contribution >= 4 is 52.2 Å². The second kappa shape index (κ2) is 10.7. The minimum atomic E-state index is -0.721. The van der Waals surface area contributed by atoms with Crippen molar-refractivity contribution in [2.75, 3.05) is 30.2 Å². The molecule has 0 aliphatic heterocycles. The number of esters is 2. The molecule has 3 rings (SSSR count). The molecule has 1 heterocycles. The summed E-state index contributed by atoms with van der Waals surface area (Å²) in [6, 6.07) is 10.4. The van der Waals surface area contributed by atoms with Crippen LogP contribution in [0.3, 0.4) is 0 Å². The fourth-order valence-corrected chi connectivity index (χ4v) is 3.02. The van der Waals surface area contributed by atoms with E-state index in [1.165, 1.54) is 39.3 Å². The zero-order chi connectivity index (χ0) is 25.5. The molecule has 35 heavy (non-hydrogen) atoms. The summed E-state index contributed by atoms with van der Waals surface area (Å²) < 4.78 is 9.40. The molecule has 13 nitrogen and oxygen atoms in total. The van der Waals surface area contributed by atoms with Crippen molar-refractivity contribution in [2.24, 2.45) is 0 Å². The van der Waals surface area contributed by atoms with Crippen LogP contribution in [0.1, 0.15) is 27.6 Å². The summed E-state index contributed by atoms with van der Waals surface area (Å²) in [6.45, 7) is 1.37. The van der Waals surface area contributed by atoms with Gasteiger partial charge in [-0.3, -0.25) is 14.9 Å². The zero-order valence-corrected chi connectivity index (χ0v) is 18.8. The van der Waals surface area contributed by atoms with Gasteiger partial charge in [-0.2, -0.15) is 0 Å². The van der Waals surface area contributed by atoms with Crippen LogP contribution in [-0.2, 0) is 14.3 Å². The number of benzene rings is 2. The number of aromatic nitrogens is 2. The van der Waals surface area contributed by atoms with Gasteiger partial charge in [0.25, 0.3) is 0 Å². The maximum atomic E-state index is 12.0. The lowest BCUT2D eigenvalue weighted by atomic mass is 10.1. The number of anilines is 5. The number of hydrogen-bond donors (Lipinski definition) is 3. The van der Waals surface area contributed by atoms with E-state index in [9.17, 15) is 24.5 Å². The number of carbonyl (C=O) groups excluding carboxylic acids is 3. The molecule has 0 unspecified atom stereocenters. The predicted octanol–water partition coefficient (Wildman–Crippen LogP) is 3.40. The third kappa shape index (κ3) is 6.04. The highest BCUT2D eigenvalue weighted by molar-refractivity contribution is 5.97. The van der Waals surface area contributed by atoms with Gasteiger partial charge in [-0.05, 0) is 42.5 Å². The van der Waals surface area contributed by atoms with Gasteiger partial charge in [0.1, 0.15) is 6.33 Å². The van der Waals surface area contributed by atoms with E-state index in [1.807, 2.05) is 0 Å². The Morgan fingerprint density at radius 1 is 0.829 bits per heavy atom. The van der Waals surface area contributed by atoms with E-state index in [1.54, 1.807) is 24.3 Å². The van der Waals surface area contributed by atoms with Gasteiger partial charge in [0, 0.05) is 24.0 Å². The van der Waals surface area contributed by atoms with Gasteiger partial charge in [-0.15, -0.1) is 0 Å². The molecule has 2 aromatic carbocycles. The van der Waals surface area contributed by atoms with Crippen molar-refractivity contribution in [3.05, 3.63) is 70.0 Å². The van der Waals surface area contributed by atoms with E-state index in [2.05, 4.69) is 25.9 Å². The van der Waals surface area contributed by atoms with Crippen molar-refractivity contribution in [3.63, 3.8) is 0 Å². The minimum absolute atomic E-state index is 0.0206. The van der Waals surface area contributed by atoms with Crippen LogP contribution in [0.25, 0.3) is 0 Å². The number of hydrogen-bond acceptors (Lipinski definition) is 11. The Kier molecular flexibility index (Phi) is 7.51. The molecule has 180 valence electrons. The molecule has 0 fully saturated rings. The fraction of sp³-hybridized carbons (Fsp3) is 0.136. The van der Waals surface area contributed by atoms with E-state index in [0.717, 1.165) is 6.33 Å². The molecule has 0 saturated carbocycles. The molecule has 0 aliphatic carbocycles. The van der Waals surface area contributed by atoms with Crippen LogP contribution in [0, 0.1) is 10.1 Å². The van der Waals surface area contributed by atoms with Gasteiger partial charge in [0.05, 0.1) is 30.3 Å². The van der Waals surface area contributed by atoms with Crippen LogP contribution in [0.5, 0.6) is 0 Å². The van der Waals surface area contributed by atoms with E-state index in [0.29, 0.717) is 11.4 Å². The van der Waals surface area contributed by atoms with Crippen molar-refractivity contribution in [3.8, 4) is 0 Å². The molecule has 0 radical (unpaired) electrons. The second-order valence-corrected chi connectivity index (χ2v) is 6.97. The monoisotopic (exact) mass is 480 g/mol. The molecular weight excluding hydrogens is 460 g/mol. The summed E-state index contributed by atoms with van der Waals surface area (Å²) >= 11 is 0. The minimum Gasteiger partial charge on any atom is -0.465 e. The van der Waals surface area contributed by atoms with Gasteiger partial charge in [0.2, 0.25) is 17.5 Å². The summed E-state index contributed by atoms with van der Waals surface area (Å²) in [5.74, 6) is -1.99. The largest absolute Gasteiger partial charge is 0.465 e. The molecule has 13 heteroatoms. The lowest BCUT2D eigenvalue weighted by molar-refractivity contribution is -0.383. The van der Waals surface area contributed by atoms with Gasteiger partial charge in [-0.25, -0.2) is 19.6 Å². The lowest BCUT2D eigenvalue weighted by Crippen LogP contribution is -2.09. The van der Waals surface area contributed by atoms with Crippen molar-refractivity contribution < 1.29 is 28.8 Å². The van der Waals surface area contributed by atoms with Crippen LogP contribution in [0.2, 0.25) is 0 Å². The van der Waals surface area contributed by atoms with Crippen LogP contribution in [0.15, 0.2) is 48.8 Å². The van der Waals surface area contributed by atoms with Crippen molar-refractivity contribution in [1.29, 1.82) is 0 Å². The average Bonchev–Trinajstić information content (AvgIpc) is 2.83. The van der Waals surface area contributed by atoms with E-state index < -0.39 is 22.5 Å². The summed E-state index contributed by atoms with van der Waals surface area (Å²) in [6.07, 6.45) is 1.11. The fourth-order valence-electron chi connectivity index (χ4n) is 3.02. The molecular formula is C22H20N6O7. The normalized spacial score (nSPS) is 10.1. The van der Waals surface area contributed by atoms with Gasteiger partial charge in [-0.1, -0.05) is 0 Å². The molecule has 0 atom stereocenters. The number of nitrogens with one attached hydrogen (secondary N) is 3. The first kappa shape index (κ1) is 24.6. The number of ether oxygens (including phenoxy) is 2. The third-order valence-corrected chi connectivity index (χ3v) is 4.51. The van der Waals surface area contributed by atoms with Gasteiger partial charge >= 0.3 is 17.6 Å². The smallest absolute Gasteiger partial charge is 0.353 e. The lowest BCUT2D eigenvalue weighted by Gasteiger charge is -2.12. The summed E-state index contributed by atoms with van der Waals surface area (Å²) in [5.41, 5.74) is 0.726. The highest BCUT2D eigenvalue weighted by Crippen LogP contribution is 2.33. The number of amides is 1. The maximum absolute atomic E-state index is 12.0. The first-order chi connectivity index (χ1) is 16.7. The van der Waals surface area contributed by atoms with E-state index in [4.69, 9.17) is 9.47 Å². The van der Waals surface area contributed by atoms with Crippen LogP contribution < -0.4 is 16.0 Å². The first-order valence-electron chi connectivity index (χ1n) is 9.94. The zero-order valence-electron chi connectivity index (χ0n) is 18.8. The molecule has 0 saturated heterocycles. The molecule has 0 spiro atoms. The third-order valence-electron chi connectivity index (χ3n) is 4.51. The Bertz CT molecular complexity index is 1260. The predicted molar refractivity (Wildman–Crippen MR) is 125 cm³/mol. The highest BCUT2D eigenvalue weighted by atomic mass is 16.6. The second-order valence-electron chi connectivity index (χ2n) is 6.97. The van der Waals surface area contributed by atoms with Crippen molar-refractivity contribution in [2.45, 2.75) is 6.92 Å². The quantitative estimate of drug-likeness (QED) is 0.245. The maximum Gasteiger partial charge on any atom is 0.353 e. The Morgan fingerprint density at radius 3 is 1.77 bits per heavy atom. The van der Waals surface area contributed by atoms with E-state index >= 15 is 0 Å². The number of methoxy groups -OCH3 is 2. The van der Waals surface area contributed by atoms with Crippen LogP contribution >= 0.6 is 0 Å². The molecule has 3 aromatic rings. The Balaban J connectivity index is 1.97. The summed E-state index contributed by atoms with van der Waals surface area (Å²) in [7, 11) is 2.35. The molecule has 1 amide bonds. The standard InChI is InChI=1S/C22H20N6O7/c1-12(29)25-15-4-6-16(7-5-15)26-19-18(28(32)33)20(24-11-23-19)27-17-9-13(21(30)34-2)8-14(10-17)22(31)35-3/h4-11H,1-3H3,(H,25,29)(H2,23,24,26,27). The summed E-state index contributed by atoms with van der Waals surface area (Å²) in [5, 5.41) is 20.1. The topological polar surface area (TPSA) is 175 Å². The number of carbonyl (C=O) groups is 3. The SMILES string of the molecule is COC(=O)c1cc(Nc2ncnc(Nc3ccc(NC(C)=O)cc3)c2[N+](=O)[O-])cc(C(=O)OC)c1. The first-order valence-corrected chi connectivity index (χ1v) is 9.94. The van der Waals surface area contributed by atoms with E-state index in [-0.39, 0.29) is 34.4 Å². The molecule has 0 bridgehead atoms. The number of nitrogens with zero attached hydrogens (tertiary/aromatic N) is 3. The van der Waals surface area contributed by atoms with Crippen LogP contribution in [-0.4, -0.2) is 47.0 Å². The van der Waals surface area contributed by atoms with Gasteiger partial charge < -0.3 is 25.4 Å². The van der Waals surface area contributed by atoms with Crippen LogP contribution in [0.4, 0.5) is 34.4 Å². The average molecular weight is 480 g/mol. The molecule has 3 N–H and O–H groups in total. The Morgan fingerprint density at radius 2 is 1.31 bits per heavy atom. The van der Waals surface area contributed by atoms with Crippen molar-refractivity contribution in [1.82, 2.24) is 9.97 Å². The Hall–Kier alpha value is -5.07. The number of rotatable bonds is 8. The van der Waals surface area contributed by atoms with Gasteiger partial charge in [0.15, 0.2) is 0 Å².